The zero-order valence-corrected chi connectivity index (χ0v) is 8.06. The average Bonchev–Trinajstić information content (AvgIpc) is 2.05. The molecule has 1 rings (SSSR count). The lowest BCUT2D eigenvalue weighted by Gasteiger charge is -1.97. The highest BCUT2D eigenvalue weighted by Gasteiger charge is 1.91. The molecule has 10 heavy (non-hydrogen) atoms. The van der Waals surface area contributed by atoms with Crippen molar-refractivity contribution < 1.29 is 0 Å². The number of hydrogen-bond donors (Lipinski definition) is 0. The van der Waals surface area contributed by atoms with Gasteiger partial charge in [0.25, 0.3) is 0 Å². The van der Waals surface area contributed by atoms with Crippen molar-refractivity contribution in [2.45, 2.75) is 12.3 Å². The van der Waals surface area contributed by atoms with Gasteiger partial charge in [0, 0.05) is 23.7 Å². The summed E-state index contributed by atoms with van der Waals surface area (Å²) in [5.41, 5.74) is 2.29. The van der Waals surface area contributed by atoms with Gasteiger partial charge in [-0.25, -0.2) is 0 Å². The molecule has 0 N–H and O–H groups in total. The zero-order chi connectivity index (χ0) is 7.40. The van der Waals surface area contributed by atoms with E-state index in [1.807, 2.05) is 18.2 Å². The lowest BCUT2D eigenvalue weighted by Crippen LogP contribution is -1.88. The Labute approximate surface area is 66.0 Å². The fourth-order valence-electron chi connectivity index (χ4n) is 0.757. The third-order valence-electron chi connectivity index (χ3n) is 1.28. The van der Waals surface area contributed by atoms with Gasteiger partial charge in [-0.05, 0) is 12.1 Å². The summed E-state index contributed by atoms with van der Waals surface area (Å²) in [5.74, 6) is 0. The van der Waals surface area contributed by atoms with Crippen molar-refractivity contribution in [2.24, 2.45) is 0 Å². The van der Waals surface area contributed by atoms with E-state index in [0.717, 1.165) is 23.7 Å². The lowest BCUT2D eigenvalue weighted by atomic mass is 10.3. The predicted octanol–water partition coefficient (Wildman–Crippen LogP) is 1.83. The zero-order valence-electron chi connectivity index (χ0n) is 5.75. The van der Waals surface area contributed by atoms with E-state index in [1.165, 1.54) is 0 Å². The van der Waals surface area contributed by atoms with Crippen molar-refractivity contribution in [2.75, 3.05) is 0 Å². The van der Waals surface area contributed by atoms with E-state index in [0.29, 0.717) is 0 Å². The molecule has 0 bridgehead atoms. The molecule has 0 radical (unpaired) electrons. The molecule has 0 fully saturated rings. The fraction of sp³-hybridized carbons (Fsp3) is 0.286. The summed E-state index contributed by atoms with van der Waals surface area (Å²) in [6.07, 6.45) is 1.89. The Morgan fingerprint density at radius 1 is 1.10 bits per heavy atom. The topological polar surface area (TPSA) is 12.9 Å². The predicted molar refractivity (Wildman–Crippen MR) is 51.1 cm³/mol. The van der Waals surface area contributed by atoms with Gasteiger partial charge in [0.2, 0.25) is 0 Å². The van der Waals surface area contributed by atoms with Crippen LogP contribution in [-0.2, 0) is 12.3 Å². The average molecular weight is 171 g/mol. The highest BCUT2D eigenvalue weighted by molar-refractivity contribution is 7.15. The van der Waals surface area contributed by atoms with Crippen molar-refractivity contribution in [3.05, 3.63) is 29.6 Å². The maximum Gasteiger partial charge on any atom is 0.0444 e. The van der Waals surface area contributed by atoms with Crippen LogP contribution in [-0.4, -0.2) is 4.98 Å². The minimum Gasteiger partial charge on any atom is -0.257 e. The van der Waals surface area contributed by atoms with Gasteiger partial charge < -0.3 is 0 Å². The van der Waals surface area contributed by atoms with Crippen LogP contribution in [0.1, 0.15) is 11.4 Å². The Bertz CT molecular complexity index is 193. The highest BCUT2D eigenvalue weighted by atomic mass is 31.0. The van der Waals surface area contributed by atoms with Gasteiger partial charge in [-0.2, -0.15) is 0 Å². The number of aromatic nitrogens is 1. The first-order valence-electron chi connectivity index (χ1n) is 3.21. The number of pyridine rings is 1. The largest absolute Gasteiger partial charge is 0.257 e. The number of hydrogen-bond acceptors (Lipinski definition) is 1. The van der Waals surface area contributed by atoms with Crippen molar-refractivity contribution in [1.82, 2.24) is 4.98 Å². The van der Waals surface area contributed by atoms with E-state index in [9.17, 15) is 0 Å². The Morgan fingerprint density at radius 3 is 2.00 bits per heavy atom. The van der Waals surface area contributed by atoms with Crippen LogP contribution in [0.4, 0.5) is 0 Å². The van der Waals surface area contributed by atoms with Crippen molar-refractivity contribution in [3.8, 4) is 0 Å². The molecule has 0 spiro atoms. The van der Waals surface area contributed by atoms with Crippen LogP contribution in [0.2, 0.25) is 0 Å². The molecule has 2 unspecified atom stereocenters. The normalized spacial score (nSPS) is 9.80. The Morgan fingerprint density at radius 2 is 1.60 bits per heavy atom. The van der Waals surface area contributed by atoms with Crippen molar-refractivity contribution in [3.63, 3.8) is 0 Å². The standard InChI is InChI=1S/C7H11NP2/c9-4-6-2-1-3-7(5-10)8-6/h1-3H,4-5,9-10H2. The molecule has 3 heteroatoms. The molecular weight excluding hydrogens is 160 g/mol. The summed E-state index contributed by atoms with van der Waals surface area (Å²) in [7, 11) is 5.33. The summed E-state index contributed by atoms with van der Waals surface area (Å²) in [6, 6.07) is 6.12. The lowest BCUT2D eigenvalue weighted by molar-refractivity contribution is 1.09. The van der Waals surface area contributed by atoms with E-state index in [2.05, 4.69) is 23.5 Å². The van der Waals surface area contributed by atoms with Gasteiger partial charge in [-0.1, -0.05) is 6.07 Å². The molecule has 0 aromatic carbocycles. The summed E-state index contributed by atoms with van der Waals surface area (Å²) >= 11 is 0. The molecule has 0 aliphatic rings. The monoisotopic (exact) mass is 171 g/mol. The van der Waals surface area contributed by atoms with Gasteiger partial charge in [-0.15, -0.1) is 18.5 Å². The maximum absolute atomic E-state index is 4.37. The molecule has 1 nitrogen and oxygen atoms in total. The van der Waals surface area contributed by atoms with E-state index >= 15 is 0 Å². The third kappa shape index (κ3) is 2.01. The summed E-state index contributed by atoms with van der Waals surface area (Å²) in [6.45, 7) is 0. The van der Waals surface area contributed by atoms with E-state index < -0.39 is 0 Å². The Balaban J connectivity index is 2.87. The quantitative estimate of drug-likeness (QED) is 0.618. The molecule has 1 heterocycles. The smallest absolute Gasteiger partial charge is 0.0444 e. The van der Waals surface area contributed by atoms with Crippen molar-refractivity contribution >= 4 is 18.5 Å². The van der Waals surface area contributed by atoms with Gasteiger partial charge >= 0.3 is 0 Å². The SMILES string of the molecule is PCc1cccc(CP)n1. The molecule has 1 aromatic rings. The summed E-state index contributed by atoms with van der Waals surface area (Å²) in [5, 5.41) is 0. The van der Waals surface area contributed by atoms with Gasteiger partial charge in [0.05, 0.1) is 0 Å². The molecule has 0 aliphatic carbocycles. The van der Waals surface area contributed by atoms with Gasteiger partial charge in [-0.3, -0.25) is 4.98 Å². The molecule has 1 aromatic heterocycles. The van der Waals surface area contributed by atoms with Gasteiger partial charge in [0.15, 0.2) is 0 Å². The van der Waals surface area contributed by atoms with Crippen LogP contribution >= 0.6 is 18.5 Å². The first-order valence-corrected chi connectivity index (χ1v) is 4.85. The van der Waals surface area contributed by atoms with Crippen LogP contribution in [0.5, 0.6) is 0 Å². The molecule has 0 saturated heterocycles. The van der Waals surface area contributed by atoms with Crippen LogP contribution in [0, 0.1) is 0 Å². The molecule has 0 aliphatic heterocycles. The van der Waals surface area contributed by atoms with Crippen LogP contribution in [0.25, 0.3) is 0 Å². The van der Waals surface area contributed by atoms with Crippen LogP contribution < -0.4 is 0 Å². The Hall–Kier alpha value is 0.01000. The van der Waals surface area contributed by atoms with Crippen molar-refractivity contribution in [1.29, 1.82) is 0 Å². The summed E-state index contributed by atoms with van der Waals surface area (Å²) < 4.78 is 0. The molecule has 2 atom stereocenters. The van der Waals surface area contributed by atoms with Crippen LogP contribution in [0.3, 0.4) is 0 Å². The van der Waals surface area contributed by atoms with Crippen LogP contribution in [0.15, 0.2) is 18.2 Å². The molecule has 0 saturated carbocycles. The summed E-state index contributed by atoms with van der Waals surface area (Å²) in [4.78, 5) is 4.37. The maximum atomic E-state index is 4.37. The first-order chi connectivity index (χ1) is 4.86. The fourth-order valence-corrected chi connectivity index (χ4v) is 1.21. The minimum atomic E-state index is 0.943. The van der Waals surface area contributed by atoms with E-state index in [1.54, 1.807) is 0 Å². The Kier molecular flexibility index (Phi) is 3.25. The number of rotatable bonds is 2. The molecular formula is C7H11NP2. The second kappa shape index (κ2) is 4.01. The third-order valence-corrected chi connectivity index (χ3v) is 2.12. The second-order valence-corrected chi connectivity index (χ2v) is 2.85. The molecule has 0 amide bonds. The second-order valence-electron chi connectivity index (χ2n) is 2.03. The minimum absolute atomic E-state index is 0.943. The highest BCUT2D eigenvalue weighted by Crippen LogP contribution is 2.06. The van der Waals surface area contributed by atoms with E-state index in [-0.39, 0.29) is 0 Å². The van der Waals surface area contributed by atoms with Gasteiger partial charge in [0.1, 0.15) is 0 Å². The molecule has 54 valence electrons. The van der Waals surface area contributed by atoms with E-state index in [4.69, 9.17) is 0 Å². The number of nitrogens with zero attached hydrogens (tertiary/aromatic N) is 1. The first kappa shape index (κ1) is 8.11.